The number of hydrogen-bond acceptors (Lipinski definition) is 6. The number of nitrogens with two attached hydrogens (primary N) is 1. The molecule has 0 aliphatic carbocycles. The van der Waals surface area contributed by atoms with Crippen LogP contribution in [0.4, 0.5) is 34.9 Å². The van der Waals surface area contributed by atoms with Gasteiger partial charge in [0, 0.05) is 24.6 Å². The van der Waals surface area contributed by atoms with Crippen LogP contribution in [0.5, 0.6) is 0 Å². The van der Waals surface area contributed by atoms with Crippen LogP contribution in [0.2, 0.25) is 0 Å². The molecule has 198 valence electrons. The van der Waals surface area contributed by atoms with Crippen molar-refractivity contribution in [1.29, 1.82) is 0 Å². The summed E-state index contributed by atoms with van der Waals surface area (Å²) in [4.78, 5) is 21.0. The maximum absolute atomic E-state index is 13.3. The minimum Gasteiger partial charge on any atom is -0.384 e. The molecule has 3 heterocycles. The van der Waals surface area contributed by atoms with E-state index in [9.17, 15) is 22.4 Å². The number of carbonyl (C=O) groups excluding carboxylic acids is 1. The van der Waals surface area contributed by atoms with E-state index < -0.39 is 23.5 Å². The summed E-state index contributed by atoms with van der Waals surface area (Å²) < 4.78 is 53.1. The van der Waals surface area contributed by atoms with E-state index in [1.165, 1.54) is 12.1 Å². The Bertz CT molecular complexity index is 1630. The van der Waals surface area contributed by atoms with E-state index in [0.717, 1.165) is 40.3 Å². The average molecular weight is 536 g/mol. The Labute approximate surface area is 219 Å². The summed E-state index contributed by atoms with van der Waals surface area (Å²) in [7, 11) is 0. The van der Waals surface area contributed by atoms with Crippen LogP contribution >= 0.6 is 0 Å². The highest BCUT2D eigenvalue weighted by atomic mass is 19.4. The van der Waals surface area contributed by atoms with Gasteiger partial charge in [-0.25, -0.2) is 14.4 Å². The summed E-state index contributed by atoms with van der Waals surface area (Å²) in [6.45, 7) is 0.203. The van der Waals surface area contributed by atoms with E-state index in [2.05, 4.69) is 30.8 Å². The first-order valence-electron chi connectivity index (χ1n) is 11.7. The van der Waals surface area contributed by atoms with Gasteiger partial charge in [0.2, 0.25) is 0 Å². The number of carbonyl (C=O) groups is 1. The first-order valence-corrected chi connectivity index (χ1v) is 11.7. The number of nitrogens with zero attached hydrogens (tertiary/aromatic N) is 3. The second-order valence-corrected chi connectivity index (χ2v) is 8.78. The van der Waals surface area contributed by atoms with Crippen LogP contribution in [0.25, 0.3) is 11.0 Å². The first-order chi connectivity index (χ1) is 18.7. The van der Waals surface area contributed by atoms with Crippen molar-refractivity contribution in [3.05, 3.63) is 107 Å². The van der Waals surface area contributed by atoms with Crippen LogP contribution in [0.3, 0.4) is 0 Å². The minimum atomic E-state index is -4.68. The summed E-state index contributed by atoms with van der Waals surface area (Å²) in [5.41, 5.74) is 8.06. The number of fused-ring (bicyclic) bond motifs is 1. The van der Waals surface area contributed by atoms with Crippen molar-refractivity contribution >= 4 is 34.3 Å². The Kier molecular flexibility index (Phi) is 6.84. The molecule has 0 aliphatic heterocycles. The summed E-state index contributed by atoms with van der Waals surface area (Å²) >= 11 is 0. The lowest BCUT2D eigenvalue weighted by molar-refractivity contribution is -0.137. The first kappa shape index (κ1) is 25.6. The Balaban J connectivity index is 1.30. The van der Waals surface area contributed by atoms with Crippen molar-refractivity contribution in [2.75, 3.05) is 16.4 Å². The molecule has 2 aromatic carbocycles. The third kappa shape index (κ3) is 5.95. The number of halogens is 4. The Hall–Kier alpha value is -5.00. The van der Waals surface area contributed by atoms with Crippen molar-refractivity contribution in [2.45, 2.75) is 19.1 Å². The summed E-state index contributed by atoms with van der Waals surface area (Å²) in [6.07, 6.45) is -1.68. The molecule has 1 amide bonds. The molecule has 0 spiro atoms. The maximum atomic E-state index is 13.3. The molecule has 0 atom stereocenters. The number of rotatable bonds is 7. The van der Waals surface area contributed by atoms with Gasteiger partial charge in [-0.1, -0.05) is 24.3 Å². The van der Waals surface area contributed by atoms with Gasteiger partial charge < -0.3 is 16.4 Å². The van der Waals surface area contributed by atoms with Gasteiger partial charge in [0.1, 0.15) is 17.5 Å². The minimum absolute atomic E-state index is 0.0243. The van der Waals surface area contributed by atoms with Gasteiger partial charge in [-0.3, -0.25) is 9.89 Å². The Morgan fingerprint density at radius 2 is 1.64 bits per heavy atom. The van der Waals surface area contributed by atoms with E-state index in [4.69, 9.17) is 5.73 Å². The predicted molar refractivity (Wildman–Crippen MR) is 138 cm³/mol. The molecule has 0 saturated heterocycles. The Morgan fingerprint density at radius 1 is 0.923 bits per heavy atom. The third-order valence-electron chi connectivity index (χ3n) is 5.95. The van der Waals surface area contributed by atoms with Gasteiger partial charge in [-0.2, -0.15) is 18.3 Å². The lowest BCUT2D eigenvalue weighted by Crippen LogP contribution is -2.18. The maximum Gasteiger partial charge on any atom is 0.417 e. The van der Waals surface area contributed by atoms with Crippen LogP contribution in [0.15, 0.2) is 73.1 Å². The SMILES string of the molecule is Nc1[nH]nc2ncc(Cc3ccc(CNc4ncc(C(F)(F)F)cc4C(=O)Nc4ccc(F)cc4)cc3)cc12. The molecule has 12 heteroatoms. The smallest absolute Gasteiger partial charge is 0.384 e. The number of nitrogens with one attached hydrogen (secondary N) is 3. The van der Waals surface area contributed by atoms with E-state index in [0.29, 0.717) is 24.1 Å². The zero-order valence-corrected chi connectivity index (χ0v) is 20.2. The number of anilines is 3. The lowest BCUT2D eigenvalue weighted by atomic mass is 10.0. The number of amides is 1. The fourth-order valence-corrected chi connectivity index (χ4v) is 3.92. The molecule has 0 saturated carbocycles. The lowest BCUT2D eigenvalue weighted by Gasteiger charge is -2.14. The number of alkyl halides is 3. The van der Waals surface area contributed by atoms with E-state index >= 15 is 0 Å². The number of H-pyrrole nitrogens is 1. The topological polar surface area (TPSA) is 122 Å². The number of hydrogen-bond donors (Lipinski definition) is 4. The molecule has 5 rings (SSSR count). The average Bonchev–Trinajstić information content (AvgIpc) is 3.29. The largest absolute Gasteiger partial charge is 0.417 e. The van der Waals surface area contributed by atoms with Crippen molar-refractivity contribution in [2.24, 2.45) is 0 Å². The van der Waals surface area contributed by atoms with Crippen LogP contribution in [0, 0.1) is 5.82 Å². The highest BCUT2D eigenvalue weighted by Gasteiger charge is 2.32. The number of pyridine rings is 2. The van der Waals surface area contributed by atoms with Gasteiger partial charge in [0.25, 0.3) is 5.91 Å². The zero-order valence-electron chi connectivity index (χ0n) is 20.2. The van der Waals surface area contributed by atoms with Gasteiger partial charge in [0.05, 0.1) is 16.5 Å². The summed E-state index contributed by atoms with van der Waals surface area (Å²) in [5.74, 6) is -0.906. The number of aromatic amines is 1. The molecule has 0 bridgehead atoms. The monoisotopic (exact) mass is 535 g/mol. The molecule has 39 heavy (non-hydrogen) atoms. The molecule has 3 aromatic heterocycles. The van der Waals surface area contributed by atoms with E-state index in [-0.39, 0.29) is 23.6 Å². The molecule has 0 unspecified atom stereocenters. The zero-order chi connectivity index (χ0) is 27.6. The van der Waals surface area contributed by atoms with E-state index in [1.54, 1.807) is 6.20 Å². The van der Waals surface area contributed by atoms with E-state index in [1.807, 2.05) is 30.3 Å². The second-order valence-electron chi connectivity index (χ2n) is 8.78. The van der Waals surface area contributed by atoms with Crippen LogP contribution in [-0.2, 0) is 19.1 Å². The molecule has 8 nitrogen and oxygen atoms in total. The van der Waals surface area contributed by atoms with Gasteiger partial charge >= 0.3 is 6.18 Å². The molecular formula is C27H21F4N7O. The number of benzene rings is 2. The molecule has 0 fully saturated rings. The predicted octanol–water partition coefficient (Wildman–Crippen LogP) is 5.55. The van der Waals surface area contributed by atoms with Crippen LogP contribution in [-0.4, -0.2) is 26.1 Å². The molecule has 0 aliphatic rings. The standard InChI is InChI=1S/C27H21F4N7O/c28-19-5-7-20(8-6-19)36-26(39)22-11-18(27(29,30)31)14-35-24(22)33-12-16-3-1-15(2-4-16)9-17-10-21-23(32)37-38-25(21)34-13-17/h1-8,10-11,13-14H,9,12H2,(H,33,35)(H,36,39)(H3,32,34,37,38). The van der Waals surface area contributed by atoms with Gasteiger partial charge in [-0.15, -0.1) is 0 Å². The molecule has 5 aromatic rings. The Morgan fingerprint density at radius 3 is 2.36 bits per heavy atom. The van der Waals surface area contributed by atoms with Gasteiger partial charge in [0.15, 0.2) is 5.65 Å². The van der Waals surface area contributed by atoms with Crippen LogP contribution < -0.4 is 16.4 Å². The highest BCUT2D eigenvalue weighted by molar-refractivity contribution is 6.07. The van der Waals surface area contributed by atoms with Crippen molar-refractivity contribution in [1.82, 2.24) is 20.2 Å². The van der Waals surface area contributed by atoms with Crippen molar-refractivity contribution < 1.29 is 22.4 Å². The highest BCUT2D eigenvalue weighted by Crippen LogP contribution is 2.31. The van der Waals surface area contributed by atoms with Gasteiger partial charge in [-0.05, 0) is 59.5 Å². The fraction of sp³-hybridized carbons (Fsp3) is 0.111. The summed E-state index contributed by atoms with van der Waals surface area (Å²) in [6, 6.07) is 15.1. The molecule has 5 N–H and O–H groups in total. The van der Waals surface area contributed by atoms with Crippen molar-refractivity contribution in [3.8, 4) is 0 Å². The molecule has 0 radical (unpaired) electrons. The fourth-order valence-electron chi connectivity index (χ4n) is 3.92. The normalized spacial score (nSPS) is 11.5. The molecular weight excluding hydrogens is 514 g/mol. The number of nitrogen functional groups attached to an aromatic ring is 1. The third-order valence-corrected chi connectivity index (χ3v) is 5.95. The second kappa shape index (κ2) is 10.4. The van der Waals surface area contributed by atoms with Crippen molar-refractivity contribution in [3.63, 3.8) is 0 Å². The van der Waals surface area contributed by atoms with Crippen LogP contribution in [0.1, 0.15) is 32.6 Å². The quantitative estimate of drug-likeness (QED) is 0.203. The number of aromatic nitrogens is 4. The summed E-state index contributed by atoms with van der Waals surface area (Å²) in [5, 5.41) is 12.9.